The zero-order valence-electron chi connectivity index (χ0n) is 9.37. The van der Waals surface area contributed by atoms with Crippen LogP contribution in [0.5, 0.6) is 0 Å². The molecule has 0 aromatic carbocycles. The molecule has 0 bridgehead atoms. The molecule has 0 aromatic heterocycles. The van der Waals surface area contributed by atoms with E-state index in [-0.39, 0.29) is 22.5 Å². The highest BCUT2D eigenvalue weighted by atomic mass is 32.2. The minimum absolute atomic E-state index is 0.135. The minimum Gasteiger partial charge on any atom is -0.477 e. The molecule has 2 aliphatic heterocycles. The van der Waals surface area contributed by atoms with Crippen molar-refractivity contribution in [1.82, 2.24) is 10.2 Å². The molecule has 4 N–H and O–H groups in total. The van der Waals surface area contributed by atoms with Gasteiger partial charge in [-0.1, -0.05) is 0 Å². The summed E-state index contributed by atoms with van der Waals surface area (Å²) in [7, 11) is 1.17. The Labute approximate surface area is 106 Å². The highest BCUT2D eigenvalue weighted by Gasteiger charge is 2.52. The third-order valence-electron chi connectivity index (χ3n) is 2.65. The summed E-state index contributed by atoms with van der Waals surface area (Å²) in [6.45, 7) is 0. The van der Waals surface area contributed by atoms with Gasteiger partial charge in [-0.25, -0.2) is 9.59 Å². The van der Waals surface area contributed by atoms with Crippen LogP contribution in [0.1, 0.15) is 0 Å². The van der Waals surface area contributed by atoms with E-state index in [2.05, 4.69) is 10.1 Å². The van der Waals surface area contributed by atoms with Gasteiger partial charge in [-0.05, 0) is 0 Å². The Balaban J connectivity index is 2.32. The monoisotopic (exact) mass is 273 g/mol. The lowest BCUT2D eigenvalue weighted by atomic mass is 10.1. The third-order valence-corrected chi connectivity index (χ3v) is 3.95. The van der Waals surface area contributed by atoms with Crippen LogP contribution in [0.4, 0.5) is 4.79 Å². The molecule has 0 radical (unpaired) electrons. The van der Waals surface area contributed by atoms with Crippen LogP contribution >= 0.6 is 11.8 Å². The fourth-order valence-electron chi connectivity index (χ4n) is 1.79. The van der Waals surface area contributed by atoms with E-state index in [1.165, 1.54) is 18.9 Å². The van der Waals surface area contributed by atoms with E-state index in [0.29, 0.717) is 0 Å². The standard InChI is InChI=1S/C9H11N3O5S/c1-17-9(16)11-3-2-18-7-4(10)6(13)12(7)5(3)8(14)15/h4,7H,2,10H2,1H3,(H,11,16)(H,14,15)/t4?,7-/m1/s1. The molecule has 2 atom stereocenters. The van der Waals surface area contributed by atoms with Gasteiger partial charge in [-0.2, -0.15) is 0 Å². The summed E-state index contributed by atoms with van der Waals surface area (Å²) >= 11 is 1.30. The fourth-order valence-corrected chi connectivity index (χ4v) is 3.01. The molecule has 0 aromatic rings. The number of methoxy groups -OCH3 is 1. The van der Waals surface area contributed by atoms with Crippen LogP contribution in [-0.4, -0.2) is 52.3 Å². The average Bonchev–Trinajstić information content (AvgIpc) is 2.36. The van der Waals surface area contributed by atoms with Gasteiger partial charge in [0.2, 0.25) is 5.91 Å². The number of rotatable bonds is 2. The Morgan fingerprint density at radius 2 is 2.28 bits per heavy atom. The van der Waals surface area contributed by atoms with Gasteiger partial charge in [-0.15, -0.1) is 11.8 Å². The van der Waals surface area contributed by atoms with E-state index in [1.54, 1.807) is 0 Å². The number of nitrogens with one attached hydrogen (secondary N) is 1. The first-order chi connectivity index (χ1) is 8.47. The van der Waals surface area contributed by atoms with Crippen LogP contribution in [0.2, 0.25) is 0 Å². The average molecular weight is 273 g/mol. The Hall–Kier alpha value is -1.74. The third kappa shape index (κ3) is 1.81. The second-order valence-electron chi connectivity index (χ2n) is 3.68. The Morgan fingerprint density at radius 3 is 2.83 bits per heavy atom. The summed E-state index contributed by atoms with van der Waals surface area (Å²) in [6, 6.07) is -0.691. The number of aliphatic carboxylic acids is 1. The minimum atomic E-state index is -1.29. The number of nitrogens with two attached hydrogens (primary N) is 1. The van der Waals surface area contributed by atoms with Crippen LogP contribution in [0.15, 0.2) is 11.4 Å². The van der Waals surface area contributed by atoms with Crippen LogP contribution in [0.3, 0.4) is 0 Å². The van der Waals surface area contributed by atoms with Gasteiger partial charge in [-0.3, -0.25) is 15.0 Å². The van der Waals surface area contributed by atoms with Gasteiger partial charge >= 0.3 is 12.1 Å². The van der Waals surface area contributed by atoms with Crippen molar-refractivity contribution in [3.05, 3.63) is 11.4 Å². The number of β-lactam (4-membered cyclic amide) rings is 1. The van der Waals surface area contributed by atoms with Crippen molar-refractivity contribution >= 4 is 29.7 Å². The molecule has 2 rings (SSSR count). The van der Waals surface area contributed by atoms with Gasteiger partial charge in [0.05, 0.1) is 12.8 Å². The molecule has 2 heterocycles. The first-order valence-electron chi connectivity index (χ1n) is 4.99. The van der Waals surface area contributed by atoms with E-state index >= 15 is 0 Å². The number of nitrogens with zero attached hydrogens (tertiary/aromatic N) is 1. The summed E-state index contributed by atoms with van der Waals surface area (Å²) < 4.78 is 4.39. The molecule has 2 aliphatic rings. The summed E-state index contributed by atoms with van der Waals surface area (Å²) in [6.07, 6.45) is -0.778. The van der Waals surface area contributed by atoms with E-state index < -0.39 is 24.0 Å². The normalized spacial score (nSPS) is 26.3. The highest BCUT2D eigenvalue weighted by Crippen LogP contribution is 2.38. The molecule has 9 heteroatoms. The van der Waals surface area contributed by atoms with Crippen LogP contribution in [-0.2, 0) is 14.3 Å². The molecule has 0 saturated carbocycles. The van der Waals surface area contributed by atoms with Gasteiger partial charge in [0, 0.05) is 5.75 Å². The molecule has 98 valence electrons. The quantitative estimate of drug-likeness (QED) is 0.545. The molecule has 1 fully saturated rings. The summed E-state index contributed by atoms with van der Waals surface area (Å²) in [5, 5.41) is 11.0. The highest BCUT2D eigenvalue weighted by molar-refractivity contribution is 8.00. The van der Waals surface area contributed by atoms with E-state index in [4.69, 9.17) is 10.8 Å². The van der Waals surface area contributed by atoms with Crippen molar-refractivity contribution in [2.75, 3.05) is 12.9 Å². The van der Waals surface area contributed by atoms with Crippen LogP contribution in [0.25, 0.3) is 0 Å². The molecule has 1 unspecified atom stereocenters. The number of hydrogen-bond acceptors (Lipinski definition) is 6. The van der Waals surface area contributed by atoms with Crippen molar-refractivity contribution < 1.29 is 24.2 Å². The zero-order chi connectivity index (χ0) is 13.4. The number of carbonyl (C=O) groups is 3. The molecule has 0 aliphatic carbocycles. The lowest BCUT2D eigenvalue weighted by Gasteiger charge is -2.47. The molecule has 18 heavy (non-hydrogen) atoms. The Bertz CT molecular complexity index is 463. The SMILES string of the molecule is COC(=O)NC1=C(C(=O)O)N2C(=O)C(N)[C@H]2SC1. The van der Waals surface area contributed by atoms with Crippen molar-refractivity contribution in [1.29, 1.82) is 0 Å². The number of amides is 2. The predicted octanol–water partition coefficient (Wildman–Crippen LogP) is -1.12. The lowest BCUT2D eigenvalue weighted by Crippen LogP contribution is -2.68. The second kappa shape index (κ2) is 4.50. The molecular weight excluding hydrogens is 262 g/mol. The molecule has 2 amide bonds. The zero-order valence-corrected chi connectivity index (χ0v) is 10.2. The Morgan fingerprint density at radius 1 is 1.61 bits per heavy atom. The fraction of sp³-hybridized carbons (Fsp3) is 0.444. The molecule has 1 saturated heterocycles. The van der Waals surface area contributed by atoms with Crippen LogP contribution in [0, 0.1) is 0 Å². The number of carboxylic acid groups (broad SMARTS) is 1. The number of alkyl carbamates (subject to hydrolysis) is 1. The first-order valence-corrected chi connectivity index (χ1v) is 6.04. The van der Waals surface area contributed by atoms with Crippen molar-refractivity contribution in [2.24, 2.45) is 5.73 Å². The molecule has 0 spiro atoms. The van der Waals surface area contributed by atoms with E-state index in [0.717, 1.165) is 4.90 Å². The van der Waals surface area contributed by atoms with E-state index in [1.807, 2.05) is 0 Å². The summed E-state index contributed by atoms with van der Waals surface area (Å²) in [5.41, 5.74) is 5.47. The predicted molar refractivity (Wildman–Crippen MR) is 61.3 cm³/mol. The number of thioether (sulfide) groups is 1. The van der Waals surface area contributed by atoms with Crippen LogP contribution < -0.4 is 11.1 Å². The van der Waals surface area contributed by atoms with Crippen molar-refractivity contribution in [3.8, 4) is 0 Å². The number of carboxylic acids is 1. The molecule has 8 nitrogen and oxygen atoms in total. The van der Waals surface area contributed by atoms with Gasteiger partial charge < -0.3 is 15.6 Å². The van der Waals surface area contributed by atoms with Gasteiger partial charge in [0.1, 0.15) is 11.4 Å². The summed E-state index contributed by atoms with van der Waals surface area (Å²) in [5.74, 6) is -1.50. The number of ether oxygens (including phenoxy) is 1. The number of carbonyl (C=O) groups excluding carboxylic acids is 2. The lowest BCUT2D eigenvalue weighted by molar-refractivity contribution is -0.148. The van der Waals surface area contributed by atoms with Gasteiger partial charge in [0.15, 0.2) is 5.70 Å². The Kier molecular flexibility index (Phi) is 3.18. The van der Waals surface area contributed by atoms with Gasteiger partial charge in [0.25, 0.3) is 0 Å². The van der Waals surface area contributed by atoms with Crippen molar-refractivity contribution in [3.63, 3.8) is 0 Å². The maximum atomic E-state index is 11.6. The molecular formula is C9H11N3O5S. The summed E-state index contributed by atoms with van der Waals surface area (Å²) in [4.78, 5) is 34.9. The maximum absolute atomic E-state index is 11.6. The first kappa shape index (κ1) is 12.7. The smallest absolute Gasteiger partial charge is 0.411 e. The number of fused-ring (bicyclic) bond motifs is 1. The second-order valence-corrected chi connectivity index (χ2v) is 4.79. The number of hydrogen-bond donors (Lipinski definition) is 3. The van der Waals surface area contributed by atoms with E-state index in [9.17, 15) is 14.4 Å². The maximum Gasteiger partial charge on any atom is 0.411 e. The van der Waals surface area contributed by atoms with Crippen molar-refractivity contribution in [2.45, 2.75) is 11.4 Å². The topological polar surface area (TPSA) is 122 Å². The largest absolute Gasteiger partial charge is 0.477 e.